The number of esters is 1. The predicted octanol–water partition coefficient (Wildman–Crippen LogP) is 3.14. The van der Waals surface area contributed by atoms with Crippen LogP contribution >= 0.6 is 0 Å². The molecule has 1 aromatic carbocycles. The van der Waals surface area contributed by atoms with Crippen LogP contribution in [0.3, 0.4) is 0 Å². The molecular formula is C16H20N2O3. The van der Waals surface area contributed by atoms with Crippen LogP contribution in [0.5, 0.6) is 11.5 Å². The van der Waals surface area contributed by atoms with Crippen LogP contribution in [0.25, 0.3) is 0 Å². The Labute approximate surface area is 124 Å². The minimum absolute atomic E-state index is 0.272. The van der Waals surface area contributed by atoms with Crippen LogP contribution in [0.1, 0.15) is 35.6 Å². The van der Waals surface area contributed by atoms with Crippen LogP contribution in [0.2, 0.25) is 0 Å². The average molecular weight is 288 g/mol. The molecule has 1 N–H and O–H groups in total. The zero-order valence-corrected chi connectivity index (χ0v) is 12.8. The number of hydrogen-bond donors (Lipinski definition) is 1. The molecule has 21 heavy (non-hydrogen) atoms. The second kappa shape index (κ2) is 6.43. The topological polar surface area (TPSA) is 64.2 Å². The fraction of sp³-hybridized carbons (Fsp3) is 0.375. The van der Waals surface area contributed by atoms with E-state index in [1.165, 1.54) is 0 Å². The van der Waals surface area contributed by atoms with E-state index in [0.29, 0.717) is 17.4 Å². The fourth-order valence-corrected chi connectivity index (χ4v) is 2.02. The van der Waals surface area contributed by atoms with Crippen LogP contribution < -0.4 is 9.47 Å². The standard InChI is InChI=1S/C16H20N2O3/c1-10(2)7-12-9-13(18-17-12)16(19)21-14-6-5-11(3)8-15(14)20-4/h5-6,8-10H,7H2,1-4H3,(H,17,18). The molecule has 0 aliphatic carbocycles. The van der Waals surface area contributed by atoms with Gasteiger partial charge in [0.05, 0.1) is 7.11 Å². The van der Waals surface area contributed by atoms with Crippen LogP contribution in [0.4, 0.5) is 0 Å². The van der Waals surface area contributed by atoms with Crippen molar-refractivity contribution < 1.29 is 14.3 Å². The van der Waals surface area contributed by atoms with Gasteiger partial charge in [0.25, 0.3) is 0 Å². The van der Waals surface area contributed by atoms with E-state index in [1.807, 2.05) is 19.1 Å². The molecule has 0 aliphatic heterocycles. The van der Waals surface area contributed by atoms with E-state index in [9.17, 15) is 4.79 Å². The van der Waals surface area contributed by atoms with Gasteiger partial charge < -0.3 is 9.47 Å². The number of H-pyrrole nitrogens is 1. The highest BCUT2D eigenvalue weighted by molar-refractivity contribution is 5.89. The van der Waals surface area contributed by atoms with Gasteiger partial charge in [0.15, 0.2) is 17.2 Å². The lowest BCUT2D eigenvalue weighted by atomic mass is 10.1. The smallest absolute Gasteiger partial charge is 0.364 e. The number of carbonyl (C=O) groups excluding carboxylic acids is 1. The maximum absolute atomic E-state index is 12.1. The molecular weight excluding hydrogens is 268 g/mol. The number of nitrogens with one attached hydrogen (secondary N) is 1. The molecule has 1 heterocycles. The third-order valence-corrected chi connectivity index (χ3v) is 2.99. The minimum atomic E-state index is -0.497. The van der Waals surface area contributed by atoms with Crippen LogP contribution in [-0.4, -0.2) is 23.3 Å². The van der Waals surface area contributed by atoms with Crippen LogP contribution in [-0.2, 0) is 6.42 Å². The number of benzene rings is 1. The van der Waals surface area contributed by atoms with Gasteiger partial charge in [0.1, 0.15) is 0 Å². The maximum atomic E-state index is 12.1. The maximum Gasteiger partial charge on any atom is 0.364 e. The molecule has 0 atom stereocenters. The molecule has 0 amide bonds. The Morgan fingerprint density at radius 1 is 1.29 bits per heavy atom. The Morgan fingerprint density at radius 3 is 2.71 bits per heavy atom. The molecule has 0 fully saturated rings. The summed E-state index contributed by atoms with van der Waals surface area (Å²) in [5, 5.41) is 6.86. The number of aryl methyl sites for hydroxylation is 1. The number of hydrogen-bond acceptors (Lipinski definition) is 4. The van der Waals surface area contributed by atoms with Crippen molar-refractivity contribution in [3.63, 3.8) is 0 Å². The lowest BCUT2D eigenvalue weighted by Gasteiger charge is -2.08. The summed E-state index contributed by atoms with van der Waals surface area (Å²) in [5.74, 6) is 0.915. The lowest BCUT2D eigenvalue weighted by molar-refractivity contribution is 0.0723. The van der Waals surface area contributed by atoms with Gasteiger partial charge in [-0.1, -0.05) is 19.9 Å². The van der Waals surface area contributed by atoms with E-state index in [1.54, 1.807) is 19.2 Å². The molecule has 2 rings (SSSR count). The Kier molecular flexibility index (Phi) is 4.62. The number of carbonyl (C=O) groups is 1. The molecule has 0 bridgehead atoms. The first kappa shape index (κ1) is 15.1. The number of nitrogens with zero attached hydrogens (tertiary/aromatic N) is 1. The Hall–Kier alpha value is -2.30. The SMILES string of the molecule is COc1cc(C)ccc1OC(=O)c1cc(CC(C)C)[nH]n1. The van der Waals surface area contributed by atoms with E-state index in [-0.39, 0.29) is 5.69 Å². The van der Waals surface area contributed by atoms with E-state index in [2.05, 4.69) is 24.0 Å². The van der Waals surface area contributed by atoms with Gasteiger partial charge in [-0.05, 0) is 43.0 Å². The number of aromatic nitrogens is 2. The van der Waals surface area contributed by atoms with Crippen molar-refractivity contribution >= 4 is 5.97 Å². The molecule has 5 nitrogen and oxygen atoms in total. The largest absolute Gasteiger partial charge is 0.493 e. The van der Waals surface area contributed by atoms with Gasteiger partial charge >= 0.3 is 5.97 Å². The summed E-state index contributed by atoms with van der Waals surface area (Å²) in [5.41, 5.74) is 2.23. The first-order chi connectivity index (χ1) is 9.99. The summed E-state index contributed by atoms with van der Waals surface area (Å²) in [7, 11) is 1.54. The molecule has 0 saturated carbocycles. The molecule has 0 radical (unpaired) electrons. The highest BCUT2D eigenvalue weighted by Gasteiger charge is 2.16. The first-order valence-electron chi connectivity index (χ1n) is 6.90. The summed E-state index contributed by atoms with van der Waals surface area (Å²) in [6, 6.07) is 7.12. The first-order valence-corrected chi connectivity index (χ1v) is 6.90. The van der Waals surface area contributed by atoms with Crippen molar-refractivity contribution in [1.29, 1.82) is 0 Å². The summed E-state index contributed by atoms with van der Waals surface area (Å²) < 4.78 is 10.6. The molecule has 0 unspecified atom stereocenters. The molecule has 5 heteroatoms. The van der Waals surface area contributed by atoms with Crippen molar-refractivity contribution in [2.75, 3.05) is 7.11 Å². The molecule has 0 saturated heterocycles. The third-order valence-electron chi connectivity index (χ3n) is 2.99. The van der Waals surface area contributed by atoms with Crippen LogP contribution in [0.15, 0.2) is 24.3 Å². The molecule has 112 valence electrons. The van der Waals surface area contributed by atoms with Crippen LogP contribution in [0, 0.1) is 12.8 Å². The average Bonchev–Trinajstić information content (AvgIpc) is 2.88. The van der Waals surface area contributed by atoms with Crippen molar-refractivity contribution in [3.8, 4) is 11.5 Å². The summed E-state index contributed by atoms with van der Waals surface area (Å²) in [4.78, 5) is 12.1. The van der Waals surface area contributed by atoms with Gasteiger partial charge in [-0.3, -0.25) is 5.10 Å². The molecule has 1 aromatic heterocycles. The van der Waals surface area contributed by atoms with Crippen molar-refractivity contribution in [1.82, 2.24) is 10.2 Å². The highest BCUT2D eigenvalue weighted by Crippen LogP contribution is 2.28. The molecule has 0 spiro atoms. The lowest BCUT2D eigenvalue weighted by Crippen LogP contribution is -2.09. The van der Waals surface area contributed by atoms with Crippen molar-refractivity contribution in [3.05, 3.63) is 41.2 Å². The molecule has 0 aliphatic rings. The van der Waals surface area contributed by atoms with Gasteiger partial charge in [0, 0.05) is 5.69 Å². The van der Waals surface area contributed by atoms with Gasteiger partial charge in [-0.25, -0.2) is 4.79 Å². The summed E-state index contributed by atoms with van der Waals surface area (Å²) >= 11 is 0. The predicted molar refractivity (Wildman–Crippen MR) is 79.8 cm³/mol. The molecule has 2 aromatic rings. The summed E-state index contributed by atoms with van der Waals surface area (Å²) in [6.07, 6.45) is 0.841. The quantitative estimate of drug-likeness (QED) is 0.678. The van der Waals surface area contributed by atoms with Crippen molar-refractivity contribution in [2.45, 2.75) is 27.2 Å². The number of rotatable bonds is 5. The zero-order valence-electron chi connectivity index (χ0n) is 12.8. The Morgan fingerprint density at radius 2 is 2.05 bits per heavy atom. The number of methoxy groups -OCH3 is 1. The van der Waals surface area contributed by atoms with E-state index in [4.69, 9.17) is 9.47 Å². The van der Waals surface area contributed by atoms with Gasteiger partial charge in [-0.15, -0.1) is 0 Å². The number of ether oxygens (including phenoxy) is 2. The minimum Gasteiger partial charge on any atom is -0.493 e. The monoisotopic (exact) mass is 288 g/mol. The second-order valence-corrected chi connectivity index (χ2v) is 5.42. The third kappa shape index (κ3) is 3.84. The van der Waals surface area contributed by atoms with Crippen molar-refractivity contribution in [2.24, 2.45) is 5.92 Å². The number of aromatic amines is 1. The highest BCUT2D eigenvalue weighted by atomic mass is 16.6. The van der Waals surface area contributed by atoms with E-state index < -0.39 is 5.97 Å². The summed E-state index contributed by atoms with van der Waals surface area (Å²) in [6.45, 7) is 6.16. The second-order valence-electron chi connectivity index (χ2n) is 5.42. The fourth-order valence-electron chi connectivity index (χ4n) is 2.02. The zero-order chi connectivity index (χ0) is 15.4. The Bertz CT molecular complexity index is 632. The van der Waals surface area contributed by atoms with Gasteiger partial charge in [0.2, 0.25) is 0 Å². The Balaban J connectivity index is 2.12. The van der Waals surface area contributed by atoms with Gasteiger partial charge in [-0.2, -0.15) is 5.10 Å². The normalized spacial score (nSPS) is 10.7. The van der Waals surface area contributed by atoms with E-state index in [0.717, 1.165) is 17.7 Å². The van der Waals surface area contributed by atoms with E-state index >= 15 is 0 Å².